The van der Waals surface area contributed by atoms with Gasteiger partial charge in [-0.15, -0.1) is 0 Å². The summed E-state index contributed by atoms with van der Waals surface area (Å²) in [5.74, 6) is 0.0987. The maximum Gasteiger partial charge on any atom is 0.341 e. The summed E-state index contributed by atoms with van der Waals surface area (Å²) in [6, 6.07) is 0. The fraction of sp³-hybridized carbons (Fsp3) is 0.533. The van der Waals surface area contributed by atoms with Crippen LogP contribution in [0.15, 0.2) is 6.20 Å². The van der Waals surface area contributed by atoms with E-state index >= 15 is 0 Å². The first kappa shape index (κ1) is 15.3. The summed E-state index contributed by atoms with van der Waals surface area (Å²) in [6.45, 7) is 9.04. The lowest BCUT2D eigenvalue weighted by molar-refractivity contribution is 0.0527. The quantitative estimate of drug-likeness (QED) is 0.857. The zero-order valence-corrected chi connectivity index (χ0v) is 13.2. The van der Waals surface area contributed by atoms with E-state index in [0.29, 0.717) is 18.1 Å². The summed E-state index contributed by atoms with van der Waals surface area (Å²) in [5.41, 5.74) is 2.82. The molecule has 0 atom stereocenters. The van der Waals surface area contributed by atoms with Gasteiger partial charge in [0.05, 0.1) is 23.4 Å². The molecule has 1 N–H and O–H groups in total. The zero-order valence-electron chi connectivity index (χ0n) is 13.2. The standard InChI is InChI=1S/C15H22N4O2/c1-6-21-15(20)11-8-17-14-12(10(4)18-19(14)5)13(11)16-7-9(2)3/h8-9H,6-7H2,1-5H3,(H,16,17). The van der Waals surface area contributed by atoms with Crippen LogP contribution >= 0.6 is 0 Å². The Morgan fingerprint density at radius 1 is 1.48 bits per heavy atom. The van der Waals surface area contributed by atoms with Crippen LogP contribution in [-0.2, 0) is 11.8 Å². The Morgan fingerprint density at radius 3 is 2.81 bits per heavy atom. The number of nitrogens with one attached hydrogen (secondary N) is 1. The lowest BCUT2D eigenvalue weighted by Crippen LogP contribution is -2.14. The average Bonchev–Trinajstić information content (AvgIpc) is 2.71. The number of carbonyl (C=O) groups is 1. The molecule has 0 unspecified atom stereocenters. The van der Waals surface area contributed by atoms with Crippen molar-refractivity contribution in [1.82, 2.24) is 14.8 Å². The van der Waals surface area contributed by atoms with Crippen molar-refractivity contribution in [2.75, 3.05) is 18.5 Å². The van der Waals surface area contributed by atoms with E-state index in [-0.39, 0.29) is 5.97 Å². The topological polar surface area (TPSA) is 69.0 Å². The van der Waals surface area contributed by atoms with Gasteiger partial charge in [0, 0.05) is 19.8 Å². The summed E-state index contributed by atoms with van der Waals surface area (Å²) in [5, 5.41) is 8.62. The van der Waals surface area contributed by atoms with Crippen LogP contribution in [0.3, 0.4) is 0 Å². The molecule has 0 fully saturated rings. The maximum absolute atomic E-state index is 12.1. The van der Waals surface area contributed by atoms with E-state index in [1.807, 2.05) is 14.0 Å². The number of pyridine rings is 1. The second kappa shape index (κ2) is 6.11. The molecule has 0 saturated carbocycles. The highest BCUT2D eigenvalue weighted by atomic mass is 16.5. The molecule has 0 aliphatic heterocycles. The molecule has 0 radical (unpaired) electrons. The van der Waals surface area contributed by atoms with Gasteiger partial charge in [0.1, 0.15) is 5.56 Å². The number of carbonyl (C=O) groups excluding carboxylic acids is 1. The third-order valence-electron chi connectivity index (χ3n) is 3.21. The van der Waals surface area contributed by atoms with Crippen molar-refractivity contribution in [3.63, 3.8) is 0 Å². The Kier molecular flexibility index (Phi) is 4.45. The molecule has 6 heteroatoms. The molecule has 6 nitrogen and oxygen atoms in total. The van der Waals surface area contributed by atoms with Gasteiger partial charge in [-0.3, -0.25) is 4.68 Å². The van der Waals surface area contributed by atoms with Gasteiger partial charge >= 0.3 is 5.97 Å². The highest BCUT2D eigenvalue weighted by Gasteiger charge is 2.20. The van der Waals surface area contributed by atoms with Gasteiger partial charge in [-0.1, -0.05) is 13.8 Å². The molecule has 0 aliphatic carbocycles. The first-order chi connectivity index (χ1) is 9.95. The van der Waals surface area contributed by atoms with Crippen LogP contribution in [0.5, 0.6) is 0 Å². The molecule has 2 heterocycles. The highest BCUT2D eigenvalue weighted by molar-refractivity contribution is 6.05. The summed E-state index contributed by atoms with van der Waals surface area (Å²) in [7, 11) is 1.85. The Balaban J connectivity index is 2.59. The van der Waals surface area contributed by atoms with Crippen molar-refractivity contribution >= 4 is 22.7 Å². The van der Waals surface area contributed by atoms with Crippen molar-refractivity contribution < 1.29 is 9.53 Å². The molecule has 2 aromatic heterocycles. The van der Waals surface area contributed by atoms with Crippen molar-refractivity contribution in [1.29, 1.82) is 0 Å². The van der Waals surface area contributed by atoms with Gasteiger partial charge in [0.25, 0.3) is 0 Å². The number of nitrogens with zero attached hydrogens (tertiary/aromatic N) is 3. The van der Waals surface area contributed by atoms with Crippen LogP contribution in [0.2, 0.25) is 0 Å². The van der Waals surface area contributed by atoms with Gasteiger partial charge in [0.2, 0.25) is 0 Å². The van der Waals surface area contributed by atoms with Gasteiger partial charge in [-0.05, 0) is 19.8 Å². The predicted molar refractivity (Wildman–Crippen MR) is 82.5 cm³/mol. The lowest BCUT2D eigenvalue weighted by Gasteiger charge is -2.14. The number of hydrogen-bond acceptors (Lipinski definition) is 5. The van der Waals surface area contributed by atoms with E-state index in [1.54, 1.807) is 17.8 Å². The molecular formula is C15H22N4O2. The third-order valence-corrected chi connectivity index (χ3v) is 3.21. The minimum atomic E-state index is -0.360. The number of fused-ring (bicyclic) bond motifs is 1. The molecule has 0 aliphatic rings. The fourth-order valence-electron chi connectivity index (χ4n) is 2.27. The molecule has 0 saturated heterocycles. The maximum atomic E-state index is 12.1. The van der Waals surface area contributed by atoms with Gasteiger partial charge in [-0.25, -0.2) is 9.78 Å². The summed E-state index contributed by atoms with van der Waals surface area (Å²) >= 11 is 0. The zero-order chi connectivity index (χ0) is 15.6. The number of hydrogen-bond donors (Lipinski definition) is 1. The lowest BCUT2D eigenvalue weighted by atomic mass is 10.1. The minimum absolute atomic E-state index is 0.340. The smallest absolute Gasteiger partial charge is 0.341 e. The number of anilines is 1. The van der Waals surface area contributed by atoms with E-state index < -0.39 is 0 Å². The monoisotopic (exact) mass is 290 g/mol. The number of esters is 1. The van der Waals surface area contributed by atoms with Crippen molar-refractivity contribution in [2.24, 2.45) is 13.0 Å². The van der Waals surface area contributed by atoms with Crippen molar-refractivity contribution in [2.45, 2.75) is 27.7 Å². The van der Waals surface area contributed by atoms with Crippen LogP contribution in [0.4, 0.5) is 5.69 Å². The van der Waals surface area contributed by atoms with Crippen molar-refractivity contribution in [3.8, 4) is 0 Å². The normalized spacial score (nSPS) is 11.1. The number of ether oxygens (including phenoxy) is 1. The van der Waals surface area contributed by atoms with Crippen LogP contribution in [0, 0.1) is 12.8 Å². The third kappa shape index (κ3) is 2.99. The summed E-state index contributed by atoms with van der Waals surface area (Å²) in [4.78, 5) is 16.5. The van der Waals surface area contributed by atoms with E-state index in [1.165, 1.54) is 0 Å². The summed E-state index contributed by atoms with van der Waals surface area (Å²) in [6.07, 6.45) is 1.56. The predicted octanol–water partition coefficient (Wildman–Crippen LogP) is 2.52. The molecule has 0 spiro atoms. The molecule has 114 valence electrons. The first-order valence-electron chi connectivity index (χ1n) is 7.19. The Hall–Kier alpha value is -2.11. The number of rotatable bonds is 5. The molecule has 2 rings (SSSR count). The van der Waals surface area contributed by atoms with Gasteiger partial charge < -0.3 is 10.1 Å². The molecule has 0 amide bonds. The van der Waals surface area contributed by atoms with Crippen LogP contribution in [-0.4, -0.2) is 33.9 Å². The summed E-state index contributed by atoms with van der Waals surface area (Å²) < 4.78 is 6.85. The first-order valence-corrected chi connectivity index (χ1v) is 7.19. The molecule has 2 aromatic rings. The Morgan fingerprint density at radius 2 is 2.19 bits per heavy atom. The minimum Gasteiger partial charge on any atom is -0.462 e. The molecular weight excluding hydrogens is 268 g/mol. The number of aryl methyl sites for hydroxylation is 2. The molecule has 0 aromatic carbocycles. The molecule has 0 bridgehead atoms. The van der Waals surface area contributed by atoms with Gasteiger partial charge in [-0.2, -0.15) is 5.10 Å². The van der Waals surface area contributed by atoms with Crippen LogP contribution in [0.25, 0.3) is 11.0 Å². The Labute approximate surface area is 124 Å². The van der Waals surface area contributed by atoms with Crippen molar-refractivity contribution in [3.05, 3.63) is 17.5 Å². The second-order valence-corrected chi connectivity index (χ2v) is 5.45. The van der Waals surface area contributed by atoms with Gasteiger partial charge in [0.15, 0.2) is 5.65 Å². The second-order valence-electron chi connectivity index (χ2n) is 5.45. The SMILES string of the molecule is CCOC(=O)c1cnc2c(c(C)nn2C)c1NCC(C)C. The highest BCUT2D eigenvalue weighted by Crippen LogP contribution is 2.29. The van der Waals surface area contributed by atoms with E-state index in [0.717, 1.165) is 29.0 Å². The average molecular weight is 290 g/mol. The van der Waals surface area contributed by atoms with E-state index in [9.17, 15) is 4.79 Å². The fourth-order valence-corrected chi connectivity index (χ4v) is 2.27. The van der Waals surface area contributed by atoms with Crippen LogP contribution in [0.1, 0.15) is 36.8 Å². The largest absolute Gasteiger partial charge is 0.462 e. The van der Waals surface area contributed by atoms with E-state index in [2.05, 4.69) is 29.2 Å². The van der Waals surface area contributed by atoms with E-state index in [4.69, 9.17) is 4.74 Å². The molecule has 21 heavy (non-hydrogen) atoms. The van der Waals surface area contributed by atoms with Crippen LogP contribution < -0.4 is 5.32 Å². The Bertz CT molecular complexity index is 661. The number of aromatic nitrogens is 3.